The van der Waals surface area contributed by atoms with Crippen molar-refractivity contribution in [2.75, 3.05) is 0 Å². The molecule has 0 aromatic rings. The fourth-order valence-electron chi connectivity index (χ4n) is 1.28. The van der Waals surface area contributed by atoms with E-state index in [-0.39, 0.29) is 5.92 Å². The summed E-state index contributed by atoms with van der Waals surface area (Å²) in [6, 6.07) is 0. The number of hydrogen-bond donors (Lipinski definition) is 0. The summed E-state index contributed by atoms with van der Waals surface area (Å²) < 4.78 is 0. The molecule has 1 fully saturated rings. The third-order valence-electron chi connectivity index (χ3n) is 1.78. The second-order valence-electron chi connectivity index (χ2n) is 2.49. The summed E-state index contributed by atoms with van der Waals surface area (Å²) in [4.78, 5) is 10.9. The van der Waals surface area contributed by atoms with Gasteiger partial charge in [0.25, 0.3) is 0 Å². The van der Waals surface area contributed by atoms with E-state index in [1.54, 1.807) is 0 Å². The van der Waals surface area contributed by atoms with Crippen LogP contribution in [0, 0.1) is 5.92 Å². The number of rotatable bonds is 1. The van der Waals surface area contributed by atoms with Crippen LogP contribution >= 0.6 is 0 Å². The summed E-state index contributed by atoms with van der Waals surface area (Å²) in [5.74, 6) is 0.683. The molecule has 0 aromatic heterocycles. The first-order valence-corrected chi connectivity index (χ1v) is 3.50. The molecule has 1 heteroatoms. The zero-order chi connectivity index (χ0) is 6.69. The highest BCUT2D eigenvalue weighted by molar-refractivity contribution is 5.84. The molecule has 0 radical (unpaired) electrons. The van der Waals surface area contributed by atoms with E-state index >= 15 is 0 Å². The molecular weight excluding hydrogens is 112 g/mol. The molecular formula is C8H12O. The lowest BCUT2D eigenvalue weighted by Gasteiger charge is -1.95. The van der Waals surface area contributed by atoms with Gasteiger partial charge >= 0.3 is 0 Å². The van der Waals surface area contributed by atoms with Gasteiger partial charge in [0.05, 0.1) is 0 Å². The van der Waals surface area contributed by atoms with Gasteiger partial charge < -0.3 is 0 Å². The van der Waals surface area contributed by atoms with E-state index in [2.05, 4.69) is 0 Å². The number of carbonyl (C=O) groups excluding carboxylic acids is 1. The summed E-state index contributed by atoms with van der Waals surface area (Å²) in [5.41, 5.74) is 0. The summed E-state index contributed by atoms with van der Waals surface area (Å²) in [6.07, 6.45) is 6.94. The first-order chi connectivity index (χ1) is 4.34. The Bertz CT molecular complexity index is 136. The third kappa shape index (κ3) is 1.41. The fraction of sp³-hybridized carbons (Fsp3) is 0.625. The van der Waals surface area contributed by atoms with E-state index in [0.717, 1.165) is 19.3 Å². The predicted molar refractivity (Wildman–Crippen MR) is 37.2 cm³/mol. The third-order valence-corrected chi connectivity index (χ3v) is 1.78. The molecule has 0 heterocycles. The van der Waals surface area contributed by atoms with Gasteiger partial charge in [0.15, 0.2) is 0 Å². The van der Waals surface area contributed by atoms with Crippen molar-refractivity contribution in [1.82, 2.24) is 0 Å². The van der Waals surface area contributed by atoms with Crippen LogP contribution < -0.4 is 0 Å². The Labute approximate surface area is 55.8 Å². The first-order valence-electron chi connectivity index (χ1n) is 3.50. The first kappa shape index (κ1) is 6.53. The fourth-order valence-corrected chi connectivity index (χ4v) is 1.28. The molecule has 0 N–H and O–H groups in total. The summed E-state index contributed by atoms with van der Waals surface area (Å²) in [5, 5.41) is 0. The van der Waals surface area contributed by atoms with Crippen molar-refractivity contribution in [3.8, 4) is 0 Å². The van der Waals surface area contributed by atoms with Gasteiger partial charge in [0.1, 0.15) is 5.78 Å². The van der Waals surface area contributed by atoms with E-state index in [1.165, 1.54) is 0 Å². The minimum Gasteiger partial charge on any atom is -0.299 e. The number of hydrogen-bond acceptors (Lipinski definition) is 1. The monoisotopic (exact) mass is 124 g/mol. The zero-order valence-corrected chi connectivity index (χ0v) is 5.76. The molecule has 0 aliphatic heterocycles. The van der Waals surface area contributed by atoms with E-state index in [1.807, 2.05) is 19.1 Å². The van der Waals surface area contributed by atoms with Crippen LogP contribution in [0.15, 0.2) is 12.2 Å². The van der Waals surface area contributed by atoms with Crippen LogP contribution in [-0.4, -0.2) is 5.78 Å². The lowest BCUT2D eigenvalue weighted by atomic mass is 10.1. The maximum Gasteiger partial charge on any atom is 0.139 e. The van der Waals surface area contributed by atoms with Crippen molar-refractivity contribution in [2.45, 2.75) is 26.2 Å². The Morgan fingerprint density at radius 2 is 2.44 bits per heavy atom. The quantitative estimate of drug-likeness (QED) is 0.488. The minimum atomic E-state index is 0.259. The molecule has 9 heavy (non-hydrogen) atoms. The van der Waals surface area contributed by atoms with Gasteiger partial charge in [-0.3, -0.25) is 4.79 Å². The van der Waals surface area contributed by atoms with Crippen LogP contribution in [-0.2, 0) is 4.79 Å². The van der Waals surface area contributed by atoms with Crippen LogP contribution in [0.25, 0.3) is 0 Å². The molecule has 0 amide bonds. The Morgan fingerprint density at radius 3 is 2.89 bits per heavy atom. The average Bonchev–Trinajstić information content (AvgIpc) is 2.18. The van der Waals surface area contributed by atoms with Crippen molar-refractivity contribution in [2.24, 2.45) is 5.92 Å². The molecule has 1 nitrogen and oxygen atoms in total. The van der Waals surface area contributed by atoms with Crippen molar-refractivity contribution >= 4 is 5.78 Å². The summed E-state index contributed by atoms with van der Waals surface area (Å²) in [7, 11) is 0. The Kier molecular flexibility index (Phi) is 2.04. The Hall–Kier alpha value is -0.590. The second kappa shape index (κ2) is 2.81. The minimum absolute atomic E-state index is 0.259. The van der Waals surface area contributed by atoms with Gasteiger partial charge in [-0.15, -0.1) is 0 Å². The lowest BCUT2D eigenvalue weighted by molar-refractivity contribution is -0.119. The molecule has 1 atom stereocenters. The zero-order valence-electron chi connectivity index (χ0n) is 5.76. The molecule has 1 aliphatic carbocycles. The van der Waals surface area contributed by atoms with Gasteiger partial charge in [-0.25, -0.2) is 0 Å². The van der Waals surface area contributed by atoms with Crippen molar-refractivity contribution in [1.29, 1.82) is 0 Å². The number of Topliss-reactive ketones (excluding diaryl/α,β-unsaturated/α-hetero) is 1. The lowest BCUT2D eigenvalue weighted by Crippen LogP contribution is -2.01. The van der Waals surface area contributed by atoms with Crippen molar-refractivity contribution in [3.63, 3.8) is 0 Å². The molecule has 0 unspecified atom stereocenters. The van der Waals surface area contributed by atoms with Gasteiger partial charge in [0, 0.05) is 12.3 Å². The maximum absolute atomic E-state index is 10.9. The van der Waals surface area contributed by atoms with Gasteiger partial charge in [-0.05, 0) is 19.8 Å². The maximum atomic E-state index is 10.9. The van der Waals surface area contributed by atoms with E-state index in [9.17, 15) is 4.79 Å². The summed E-state index contributed by atoms with van der Waals surface area (Å²) in [6.45, 7) is 1.96. The molecule has 0 aromatic carbocycles. The van der Waals surface area contributed by atoms with Crippen molar-refractivity contribution in [3.05, 3.63) is 12.2 Å². The Morgan fingerprint density at radius 1 is 1.67 bits per heavy atom. The van der Waals surface area contributed by atoms with Crippen molar-refractivity contribution < 1.29 is 4.79 Å². The van der Waals surface area contributed by atoms with E-state index in [4.69, 9.17) is 0 Å². The van der Waals surface area contributed by atoms with Gasteiger partial charge in [0.2, 0.25) is 0 Å². The van der Waals surface area contributed by atoms with Gasteiger partial charge in [-0.2, -0.15) is 0 Å². The number of carbonyl (C=O) groups is 1. The highest BCUT2D eigenvalue weighted by atomic mass is 16.1. The molecule has 1 saturated carbocycles. The van der Waals surface area contributed by atoms with E-state index in [0.29, 0.717) is 5.78 Å². The largest absolute Gasteiger partial charge is 0.299 e. The molecule has 0 saturated heterocycles. The Balaban J connectivity index is 2.49. The topological polar surface area (TPSA) is 17.1 Å². The highest BCUT2D eigenvalue weighted by Crippen LogP contribution is 2.21. The standard InChI is InChI=1S/C8H12O/c1-2-4-7-5-3-6-8(7)9/h2,4,7H,3,5-6H2,1H3/b4-2+/t7-/m0/s1. The predicted octanol–water partition coefficient (Wildman–Crippen LogP) is 1.93. The number of ketones is 1. The highest BCUT2D eigenvalue weighted by Gasteiger charge is 2.20. The second-order valence-corrected chi connectivity index (χ2v) is 2.49. The van der Waals surface area contributed by atoms with E-state index < -0.39 is 0 Å². The van der Waals surface area contributed by atoms with Crippen LogP contribution in [0.1, 0.15) is 26.2 Å². The summed E-state index contributed by atoms with van der Waals surface area (Å²) >= 11 is 0. The van der Waals surface area contributed by atoms with Crippen LogP contribution in [0.2, 0.25) is 0 Å². The normalized spacial score (nSPS) is 28.1. The van der Waals surface area contributed by atoms with Crippen LogP contribution in [0.4, 0.5) is 0 Å². The van der Waals surface area contributed by atoms with Crippen LogP contribution in [0.3, 0.4) is 0 Å². The number of allylic oxidation sites excluding steroid dienone is 2. The molecule has 0 spiro atoms. The molecule has 1 aliphatic rings. The van der Waals surface area contributed by atoms with Crippen LogP contribution in [0.5, 0.6) is 0 Å². The molecule has 1 rings (SSSR count). The molecule has 0 bridgehead atoms. The SMILES string of the molecule is C/C=C/[C@H]1CCCC1=O. The smallest absolute Gasteiger partial charge is 0.139 e. The average molecular weight is 124 g/mol. The van der Waals surface area contributed by atoms with Gasteiger partial charge in [-0.1, -0.05) is 12.2 Å². The molecule has 50 valence electrons.